The van der Waals surface area contributed by atoms with E-state index < -0.39 is 6.55 Å². The van der Waals surface area contributed by atoms with Gasteiger partial charge in [-0.25, -0.2) is 4.98 Å². The Kier molecular flexibility index (Phi) is 5.02. The highest BCUT2D eigenvalue weighted by Gasteiger charge is 2.28. The molecule has 1 saturated heterocycles. The van der Waals surface area contributed by atoms with Crippen molar-refractivity contribution in [1.82, 2.24) is 14.5 Å². The minimum Gasteiger partial charge on any atom is -0.369 e. The number of benzene rings is 2. The summed E-state index contributed by atoms with van der Waals surface area (Å²) in [6.45, 7) is 2.54. The molecule has 0 radical (unpaired) electrons. The fourth-order valence-electron chi connectivity index (χ4n) is 3.77. The van der Waals surface area contributed by atoms with Crippen LogP contribution in [0.2, 0.25) is 5.02 Å². The van der Waals surface area contributed by atoms with Gasteiger partial charge < -0.3 is 4.90 Å². The lowest BCUT2D eigenvalue weighted by molar-refractivity contribution is 0.0641. The molecule has 1 aromatic heterocycles. The van der Waals surface area contributed by atoms with Crippen LogP contribution in [0.1, 0.15) is 25.3 Å². The predicted molar refractivity (Wildman–Crippen MR) is 105 cm³/mol. The van der Waals surface area contributed by atoms with Crippen LogP contribution in [-0.4, -0.2) is 40.6 Å². The highest BCUT2D eigenvalue weighted by molar-refractivity contribution is 6.30. The van der Waals surface area contributed by atoms with Gasteiger partial charge in [-0.1, -0.05) is 29.8 Å². The number of nitrogens with zero attached hydrogens (tertiary/aromatic N) is 4. The van der Waals surface area contributed by atoms with Crippen LogP contribution < -0.4 is 4.90 Å². The van der Waals surface area contributed by atoms with Crippen molar-refractivity contribution < 1.29 is 8.78 Å². The van der Waals surface area contributed by atoms with Crippen LogP contribution in [-0.2, 0) is 0 Å². The molecule has 27 heavy (non-hydrogen) atoms. The zero-order valence-corrected chi connectivity index (χ0v) is 15.8. The molecule has 0 aliphatic carbocycles. The van der Waals surface area contributed by atoms with Gasteiger partial charge in [-0.15, -0.1) is 0 Å². The lowest BCUT2D eigenvalue weighted by Crippen LogP contribution is -2.47. The highest BCUT2D eigenvalue weighted by Crippen LogP contribution is 2.30. The molecule has 2 aromatic carbocycles. The molecule has 3 aromatic rings. The van der Waals surface area contributed by atoms with Crippen molar-refractivity contribution in [3.63, 3.8) is 0 Å². The van der Waals surface area contributed by atoms with Gasteiger partial charge in [0.25, 0.3) is 0 Å². The van der Waals surface area contributed by atoms with E-state index in [0.717, 1.165) is 36.4 Å². The number of piperazine rings is 1. The molecule has 4 nitrogen and oxygen atoms in total. The standard InChI is InChI=1S/C20H21ClF2N4/c1-14(19-24-17-7-2-3-8-18(17)27(19)20(22)23)25-9-11-26(12-10-25)16-6-4-5-15(21)13-16/h2-8,13-14,20H,9-12H2,1H3. The van der Waals surface area contributed by atoms with E-state index in [-0.39, 0.29) is 6.04 Å². The van der Waals surface area contributed by atoms with Crippen LogP contribution >= 0.6 is 11.6 Å². The van der Waals surface area contributed by atoms with Crippen molar-refractivity contribution in [2.24, 2.45) is 0 Å². The predicted octanol–water partition coefficient (Wildman–Crippen LogP) is 4.97. The summed E-state index contributed by atoms with van der Waals surface area (Å²) in [4.78, 5) is 8.99. The fraction of sp³-hybridized carbons (Fsp3) is 0.350. The topological polar surface area (TPSA) is 24.3 Å². The molecule has 1 atom stereocenters. The molecule has 0 saturated carbocycles. The molecule has 7 heteroatoms. The maximum Gasteiger partial charge on any atom is 0.320 e. The zero-order chi connectivity index (χ0) is 19.0. The van der Waals surface area contributed by atoms with Gasteiger partial charge in [-0.2, -0.15) is 8.78 Å². The normalized spacial score (nSPS) is 17.0. The third-order valence-corrected chi connectivity index (χ3v) is 5.46. The first-order valence-corrected chi connectivity index (χ1v) is 9.42. The molecular formula is C20H21ClF2N4. The minimum absolute atomic E-state index is 0.187. The number of para-hydroxylation sites is 2. The van der Waals surface area contributed by atoms with E-state index >= 15 is 0 Å². The van der Waals surface area contributed by atoms with Crippen molar-refractivity contribution in [3.8, 4) is 0 Å². The van der Waals surface area contributed by atoms with E-state index in [1.54, 1.807) is 18.2 Å². The Balaban J connectivity index is 1.54. The number of fused-ring (bicyclic) bond motifs is 1. The van der Waals surface area contributed by atoms with Gasteiger partial charge in [0.15, 0.2) is 0 Å². The number of rotatable bonds is 4. The van der Waals surface area contributed by atoms with Crippen molar-refractivity contribution in [2.75, 3.05) is 31.1 Å². The maximum atomic E-state index is 13.7. The molecular weight excluding hydrogens is 370 g/mol. The summed E-state index contributed by atoms with van der Waals surface area (Å²) in [5, 5.41) is 0.717. The number of imidazole rings is 1. The van der Waals surface area contributed by atoms with Gasteiger partial charge in [0.2, 0.25) is 0 Å². The first kappa shape index (κ1) is 18.2. The number of hydrogen-bond acceptors (Lipinski definition) is 3. The van der Waals surface area contributed by atoms with E-state index in [2.05, 4.69) is 14.8 Å². The van der Waals surface area contributed by atoms with Crippen LogP contribution in [0.5, 0.6) is 0 Å². The SMILES string of the molecule is CC(c1nc2ccccc2n1C(F)F)N1CCN(c2cccc(Cl)c2)CC1. The van der Waals surface area contributed by atoms with E-state index in [9.17, 15) is 8.78 Å². The molecule has 2 heterocycles. The summed E-state index contributed by atoms with van der Waals surface area (Å²) in [5.74, 6) is 0.419. The molecule has 142 valence electrons. The molecule has 1 fully saturated rings. The smallest absolute Gasteiger partial charge is 0.320 e. The van der Waals surface area contributed by atoms with E-state index in [4.69, 9.17) is 11.6 Å². The lowest BCUT2D eigenvalue weighted by atomic mass is 10.2. The van der Waals surface area contributed by atoms with E-state index in [0.29, 0.717) is 21.9 Å². The average molecular weight is 391 g/mol. The van der Waals surface area contributed by atoms with Crippen LogP contribution in [0.3, 0.4) is 0 Å². The van der Waals surface area contributed by atoms with Gasteiger partial charge in [0.05, 0.1) is 17.1 Å². The molecule has 1 aliphatic heterocycles. The Labute approximate surface area is 162 Å². The third kappa shape index (κ3) is 3.51. The molecule has 0 amide bonds. The highest BCUT2D eigenvalue weighted by atomic mass is 35.5. The summed E-state index contributed by atoms with van der Waals surface area (Å²) in [6.07, 6.45) is 0. The molecule has 4 rings (SSSR count). The number of hydrogen-bond donors (Lipinski definition) is 0. The zero-order valence-electron chi connectivity index (χ0n) is 15.0. The Morgan fingerprint density at radius 2 is 1.74 bits per heavy atom. The number of alkyl halides is 2. The number of halogens is 3. The van der Waals surface area contributed by atoms with Gasteiger partial charge in [0.1, 0.15) is 5.82 Å². The van der Waals surface area contributed by atoms with Crippen LogP contribution in [0.25, 0.3) is 11.0 Å². The Hall–Kier alpha value is -2.18. The second-order valence-electron chi connectivity index (χ2n) is 6.79. The summed E-state index contributed by atoms with van der Waals surface area (Å²) in [7, 11) is 0. The van der Waals surface area contributed by atoms with Crippen molar-refractivity contribution in [3.05, 3.63) is 59.4 Å². The van der Waals surface area contributed by atoms with Gasteiger partial charge in [-0.3, -0.25) is 9.47 Å². The third-order valence-electron chi connectivity index (χ3n) is 5.23. The van der Waals surface area contributed by atoms with Gasteiger partial charge >= 0.3 is 6.55 Å². The van der Waals surface area contributed by atoms with Crippen LogP contribution in [0.15, 0.2) is 48.5 Å². The van der Waals surface area contributed by atoms with Gasteiger partial charge in [-0.05, 0) is 37.3 Å². The molecule has 0 spiro atoms. The summed E-state index contributed by atoms with van der Waals surface area (Å²) >= 11 is 6.09. The molecule has 0 N–H and O–H groups in total. The maximum absolute atomic E-state index is 13.7. The summed E-state index contributed by atoms with van der Waals surface area (Å²) in [5.41, 5.74) is 2.18. The monoisotopic (exact) mass is 390 g/mol. The number of anilines is 1. The summed E-state index contributed by atoms with van der Waals surface area (Å²) in [6, 6.07) is 14.7. The molecule has 1 unspecified atom stereocenters. The van der Waals surface area contributed by atoms with E-state index in [1.807, 2.05) is 37.3 Å². The van der Waals surface area contributed by atoms with Crippen LogP contribution in [0.4, 0.5) is 14.5 Å². The van der Waals surface area contributed by atoms with Gasteiger partial charge in [0, 0.05) is 36.9 Å². The average Bonchev–Trinajstić information content (AvgIpc) is 3.07. The largest absolute Gasteiger partial charge is 0.369 e. The summed E-state index contributed by atoms with van der Waals surface area (Å²) < 4.78 is 28.5. The Bertz CT molecular complexity index is 935. The lowest BCUT2D eigenvalue weighted by Gasteiger charge is -2.39. The van der Waals surface area contributed by atoms with Crippen molar-refractivity contribution in [1.29, 1.82) is 0 Å². The second-order valence-corrected chi connectivity index (χ2v) is 7.22. The fourth-order valence-corrected chi connectivity index (χ4v) is 3.95. The number of aromatic nitrogens is 2. The minimum atomic E-state index is -2.61. The first-order chi connectivity index (χ1) is 13.0. The van der Waals surface area contributed by atoms with Crippen molar-refractivity contribution in [2.45, 2.75) is 19.5 Å². The van der Waals surface area contributed by atoms with E-state index in [1.165, 1.54) is 0 Å². The molecule has 1 aliphatic rings. The first-order valence-electron chi connectivity index (χ1n) is 9.04. The quantitative estimate of drug-likeness (QED) is 0.628. The molecule has 0 bridgehead atoms. The van der Waals surface area contributed by atoms with Crippen LogP contribution in [0, 0.1) is 0 Å². The Morgan fingerprint density at radius 3 is 2.44 bits per heavy atom. The van der Waals surface area contributed by atoms with Crippen molar-refractivity contribution >= 4 is 28.3 Å². The Morgan fingerprint density at radius 1 is 1.00 bits per heavy atom. The second kappa shape index (κ2) is 7.44.